The van der Waals surface area contributed by atoms with Gasteiger partial charge in [-0.3, -0.25) is 4.90 Å². The third-order valence-corrected chi connectivity index (χ3v) is 4.83. The molecule has 1 saturated heterocycles. The van der Waals surface area contributed by atoms with Gasteiger partial charge in [0.25, 0.3) is 0 Å². The van der Waals surface area contributed by atoms with Gasteiger partial charge in [0.1, 0.15) is 0 Å². The first-order valence-electron chi connectivity index (χ1n) is 8.52. The molecule has 4 nitrogen and oxygen atoms in total. The van der Waals surface area contributed by atoms with Crippen LogP contribution >= 0.6 is 0 Å². The Kier molecular flexibility index (Phi) is 5.69. The Hall–Kier alpha value is -0.160. The van der Waals surface area contributed by atoms with Gasteiger partial charge in [-0.15, -0.1) is 0 Å². The van der Waals surface area contributed by atoms with Crippen molar-refractivity contribution in [3.05, 3.63) is 0 Å². The van der Waals surface area contributed by atoms with Crippen molar-refractivity contribution < 1.29 is 9.84 Å². The number of morpholine rings is 1. The fourth-order valence-corrected chi connectivity index (χ4v) is 4.16. The molecule has 0 aromatic carbocycles. The summed E-state index contributed by atoms with van der Waals surface area (Å²) in [5, 5.41) is 14.3. The lowest BCUT2D eigenvalue weighted by Gasteiger charge is -2.41. The summed E-state index contributed by atoms with van der Waals surface area (Å²) >= 11 is 0. The van der Waals surface area contributed by atoms with Gasteiger partial charge < -0.3 is 15.2 Å². The molecule has 2 fully saturated rings. The van der Waals surface area contributed by atoms with Crippen LogP contribution in [-0.2, 0) is 4.74 Å². The zero-order chi connectivity index (χ0) is 15.5. The molecular formula is C17H34N2O2. The molecule has 1 aliphatic carbocycles. The Labute approximate surface area is 130 Å². The van der Waals surface area contributed by atoms with E-state index in [1.807, 2.05) is 6.92 Å². The van der Waals surface area contributed by atoms with E-state index >= 15 is 0 Å². The van der Waals surface area contributed by atoms with Crippen LogP contribution < -0.4 is 5.32 Å². The minimum absolute atomic E-state index is 0.422. The molecule has 0 bridgehead atoms. The predicted octanol–water partition coefficient (Wildman–Crippen LogP) is 1.87. The second-order valence-corrected chi connectivity index (χ2v) is 8.38. The largest absolute Gasteiger partial charge is 0.388 e. The van der Waals surface area contributed by atoms with Crippen molar-refractivity contribution in [2.45, 2.75) is 58.6 Å². The van der Waals surface area contributed by atoms with Gasteiger partial charge in [0, 0.05) is 32.2 Å². The number of nitrogens with one attached hydrogen (secondary N) is 1. The van der Waals surface area contributed by atoms with Crippen molar-refractivity contribution in [2.24, 2.45) is 11.3 Å². The predicted molar refractivity (Wildman–Crippen MR) is 86.5 cm³/mol. The minimum Gasteiger partial charge on any atom is -0.388 e. The summed E-state index contributed by atoms with van der Waals surface area (Å²) in [5.74, 6) is 0.774. The molecule has 2 N–H and O–H groups in total. The van der Waals surface area contributed by atoms with E-state index in [0.717, 1.165) is 38.8 Å². The first kappa shape index (κ1) is 17.2. The molecule has 2 rings (SSSR count). The van der Waals surface area contributed by atoms with Crippen molar-refractivity contribution in [3.8, 4) is 0 Å². The highest BCUT2D eigenvalue weighted by Crippen LogP contribution is 2.38. The van der Waals surface area contributed by atoms with Gasteiger partial charge in [-0.2, -0.15) is 0 Å². The number of aliphatic hydroxyl groups is 1. The fourth-order valence-electron chi connectivity index (χ4n) is 4.16. The van der Waals surface area contributed by atoms with Crippen LogP contribution in [0.5, 0.6) is 0 Å². The Morgan fingerprint density at radius 2 is 1.95 bits per heavy atom. The van der Waals surface area contributed by atoms with E-state index in [-0.39, 0.29) is 0 Å². The first-order chi connectivity index (χ1) is 9.76. The van der Waals surface area contributed by atoms with Crippen molar-refractivity contribution in [1.82, 2.24) is 10.2 Å². The Balaban J connectivity index is 1.77. The minimum atomic E-state index is -0.665. The van der Waals surface area contributed by atoms with Gasteiger partial charge in [0.2, 0.25) is 0 Å². The van der Waals surface area contributed by atoms with Crippen molar-refractivity contribution in [1.29, 1.82) is 0 Å². The highest BCUT2D eigenvalue weighted by molar-refractivity contribution is 4.89. The molecule has 3 atom stereocenters. The van der Waals surface area contributed by atoms with Gasteiger partial charge in [0.05, 0.1) is 18.8 Å². The van der Waals surface area contributed by atoms with E-state index in [0.29, 0.717) is 18.0 Å². The number of hydrogen-bond acceptors (Lipinski definition) is 4. The molecule has 0 radical (unpaired) electrons. The van der Waals surface area contributed by atoms with E-state index in [1.165, 1.54) is 19.3 Å². The molecule has 4 heteroatoms. The summed E-state index contributed by atoms with van der Waals surface area (Å²) in [6.07, 6.45) is 3.76. The second kappa shape index (κ2) is 6.95. The molecule has 0 aromatic rings. The SMILES string of the molecule is CC1CC(NCC(C)(O)CN2CCOCC2)CC(C)(C)C1. The van der Waals surface area contributed by atoms with Gasteiger partial charge >= 0.3 is 0 Å². The zero-order valence-electron chi connectivity index (χ0n) is 14.3. The van der Waals surface area contributed by atoms with Gasteiger partial charge in [0.15, 0.2) is 0 Å². The molecule has 3 unspecified atom stereocenters. The Morgan fingerprint density at radius 3 is 2.57 bits per heavy atom. The molecule has 0 aromatic heterocycles. The summed E-state index contributed by atoms with van der Waals surface area (Å²) in [4.78, 5) is 2.30. The van der Waals surface area contributed by atoms with E-state index in [2.05, 4.69) is 31.0 Å². The van der Waals surface area contributed by atoms with E-state index in [1.54, 1.807) is 0 Å². The van der Waals surface area contributed by atoms with E-state index in [4.69, 9.17) is 4.74 Å². The van der Waals surface area contributed by atoms with Crippen LogP contribution in [-0.4, -0.2) is 61.0 Å². The summed E-state index contributed by atoms with van der Waals surface area (Å²) in [7, 11) is 0. The number of hydrogen-bond donors (Lipinski definition) is 2. The molecule has 124 valence electrons. The highest BCUT2D eigenvalue weighted by atomic mass is 16.5. The number of rotatable bonds is 5. The van der Waals surface area contributed by atoms with Crippen molar-refractivity contribution in [2.75, 3.05) is 39.4 Å². The molecule has 1 saturated carbocycles. The molecule has 1 heterocycles. The Bertz CT molecular complexity index is 325. The summed E-state index contributed by atoms with van der Waals surface area (Å²) in [5.41, 5.74) is -0.242. The average Bonchev–Trinajstić information content (AvgIpc) is 2.35. The van der Waals surface area contributed by atoms with Crippen molar-refractivity contribution >= 4 is 0 Å². The summed E-state index contributed by atoms with van der Waals surface area (Å²) < 4.78 is 5.37. The van der Waals surface area contributed by atoms with Crippen LogP contribution in [0.25, 0.3) is 0 Å². The Morgan fingerprint density at radius 1 is 1.29 bits per heavy atom. The van der Waals surface area contributed by atoms with Crippen molar-refractivity contribution in [3.63, 3.8) is 0 Å². The average molecular weight is 298 g/mol. The molecule has 0 spiro atoms. The van der Waals surface area contributed by atoms with Gasteiger partial charge in [-0.05, 0) is 37.5 Å². The second-order valence-electron chi connectivity index (χ2n) is 8.38. The third-order valence-electron chi connectivity index (χ3n) is 4.83. The fraction of sp³-hybridized carbons (Fsp3) is 1.00. The third kappa shape index (κ3) is 5.85. The van der Waals surface area contributed by atoms with Crippen LogP contribution in [0, 0.1) is 11.3 Å². The first-order valence-corrected chi connectivity index (χ1v) is 8.52. The lowest BCUT2D eigenvalue weighted by atomic mass is 9.70. The number of nitrogens with zero attached hydrogens (tertiary/aromatic N) is 1. The van der Waals surface area contributed by atoms with Crippen LogP contribution in [0.1, 0.15) is 47.0 Å². The maximum atomic E-state index is 10.6. The smallest absolute Gasteiger partial charge is 0.0869 e. The highest BCUT2D eigenvalue weighted by Gasteiger charge is 2.33. The van der Waals surface area contributed by atoms with Gasteiger partial charge in [-0.1, -0.05) is 20.8 Å². The molecule has 2 aliphatic rings. The molecule has 1 aliphatic heterocycles. The standard InChI is InChI=1S/C17H34N2O2/c1-14-9-15(11-16(2,3)10-14)18-12-17(4,20)13-19-5-7-21-8-6-19/h14-15,18,20H,5-13H2,1-4H3. The summed E-state index contributed by atoms with van der Waals surface area (Å²) in [6, 6.07) is 0.542. The van der Waals surface area contributed by atoms with Crippen LogP contribution in [0.4, 0.5) is 0 Å². The molecular weight excluding hydrogens is 264 g/mol. The van der Waals surface area contributed by atoms with E-state index in [9.17, 15) is 5.11 Å². The normalized spacial score (nSPS) is 33.6. The van der Waals surface area contributed by atoms with Gasteiger partial charge in [-0.25, -0.2) is 0 Å². The van der Waals surface area contributed by atoms with E-state index < -0.39 is 5.60 Å². The monoisotopic (exact) mass is 298 g/mol. The van der Waals surface area contributed by atoms with Crippen LogP contribution in [0.15, 0.2) is 0 Å². The topological polar surface area (TPSA) is 44.7 Å². The maximum absolute atomic E-state index is 10.6. The lowest BCUT2D eigenvalue weighted by Crippen LogP contribution is -2.53. The quantitative estimate of drug-likeness (QED) is 0.813. The number of β-amino-alcohol motifs (C(OH)–C–C–N with tert-alkyl or cyclic N) is 1. The summed E-state index contributed by atoms with van der Waals surface area (Å²) in [6.45, 7) is 13.9. The number of ether oxygens (including phenoxy) is 1. The molecule has 0 amide bonds. The van der Waals surface area contributed by atoms with Crippen LogP contribution in [0.3, 0.4) is 0 Å². The zero-order valence-corrected chi connectivity index (χ0v) is 14.3. The van der Waals surface area contributed by atoms with Crippen LogP contribution in [0.2, 0.25) is 0 Å². The maximum Gasteiger partial charge on any atom is 0.0869 e. The molecule has 21 heavy (non-hydrogen) atoms. The lowest BCUT2D eigenvalue weighted by molar-refractivity contribution is -0.0245.